The molecule has 13 heavy (non-hydrogen) atoms. The van der Waals surface area contributed by atoms with Gasteiger partial charge in [-0.15, -0.1) is 6.42 Å². The third kappa shape index (κ3) is 2.89. The van der Waals surface area contributed by atoms with Crippen LogP contribution in [0.1, 0.15) is 6.42 Å². The first-order valence-electron chi connectivity index (χ1n) is 3.97. The lowest BCUT2D eigenvalue weighted by Crippen LogP contribution is -2.31. The van der Waals surface area contributed by atoms with Crippen molar-refractivity contribution in [2.45, 2.75) is 12.0 Å². The summed E-state index contributed by atoms with van der Waals surface area (Å²) in [5.41, 5.74) is 0.346. The molecule has 0 radical (unpaired) electrons. The molecule has 0 saturated carbocycles. The number of β-amino-alcohol motifs (C(OH)–C–C–N with tert-alkyl or cyclic N) is 1. The Labute approximate surface area is 88.1 Å². The molecule has 0 bridgehead atoms. The van der Waals surface area contributed by atoms with E-state index >= 15 is 0 Å². The Hall–Kier alpha value is -0.200. The molecule has 1 unspecified atom stereocenters. The zero-order chi connectivity index (χ0) is 9.90. The van der Waals surface area contributed by atoms with E-state index in [-0.39, 0.29) is 0 Å². The molecule has 1 N–H and O–H groups in total. The monoisotopic (exact) mass is 219 g/mol. The van der Waals surface area contributed by atoms with E-state index in [1.807, 2.05) is 4.90 Å². The fraction of sp³-hybridized carbons (Fsp3) is 0.556. The first kappa shape index (κ1) is 10.9. The van der Waals surface area contributed by atoms with E-state index in [0.717, 1.165) is 6.54 Å². The van der Waals surface area contributed by atoms with Crippen LogP contribution >= 0.6 is 23.2 Å². The smallest absolute Gasteiger partial charge is 0.139 e. The highest BCUT2D eigenvalue weighted by Crippen LogP contribution is 2.21. The summed E-state index contributed by atoms with van der Waals surface area (Å²) in [6.45, 7) is 1.77. The number of terminal acetylenes is 1. The number of nitrogens with zero attached hydrogens (tertiary/aromatic N) is 1. The Balaban J connectivity index is 2.47. The average Bonchev–Trinajstić information content (AvgIpc) is 2.48. The summed E-state index contributed by atoms with van der Waals surface area (Å²) in [6, 6.07) is 0. The number of aliphatic hydroxyl groups is 1. The fourth-order valence-electron chi connectivity index (χ4n) is 1.37. The van der Waals surface area contributed by atoms with E-state index in [2.05, 4.69) is 5.92 Å². The van der Waals surface area contributed by atoms with Crippen molar-refractivity contribution >= 4 is 23.2 Å². The summed E-state index contributed by atoms with van der Waals surface area (Å²) in [6.07, 6.45) is 5.79. The van der Waals surface area contributed by atoms with Crippen molar-refractivity contribution in [1.82, 2.24) is 4.90 Å². The Kier molecular flexibility index (Phi) is 3.63. The van der Waals surface area contributed by atoms with Crippen molar-refractivity contribution in [2.24, 2.45) is 0 Å². The maximum absolute atomic E-state index is 9.68. The van der Waals surface area contributed by atoms with Gasteiger partial charge in [-0.05, 0) is 0 Å². The molecule has 0 aromatic rings. The number of rotatable bonds is 2. The molecule has 1 saturated heterocycles. The van der Waals surface area contributed by atoms with Gasteiger partial charge in [-0.1, -0.05) is 29.1 Å². The third-order valence-corrected chi connectivity index (χ3v) is 2.69. The fourth-order valence-corrected chi connectivity index (χ4v) is 1.61. The van der Waals surface area contributed by atoms with Crippen molar-refractivity contribution in [3.63, 3.8) is 0 Å². The molecule has 4 heteroatoms. The Bertz CT molecular complexity index is 259. The molecule has 1 rings (SSSR count). The van der Waals surface area contributed by atoms with Gasteiger partial charge in [0.2, 0.25) is 0 Å². The van der Waals surface area contributed by atoms with Crippen molar-refractivity contribution in [3.8, 4) is 12.3 Å². The summed E-state index contributed by atoms with van der Waals surface area (Å²) in [4.78, 5) is 1.97. The molecule has 1 atom stereocenters. The predicted octanol–water partition coefficient (Wildman–Crippen LogP) is 1.38. The van der Waals surface area contributed by atoms with Gasteiger partial charge >= 0.3 is 0 Å². The molecule has 2 nitrogen and oxygen atoms in total. The molecule has 72 valence electrons. The lowest BCUT2D eigenvalue weighted by molar-refractivity contribution is 0.110. The van der Waals surface area contributed by atoms with Crippen LogP contribution in [-0.4, -0.2) is 35.2 Å². The SMILES string of the molecule is C#CC1(O)CCN(C/C(Cl)=C/Cl)C1. The normalized spacial score (nSPS) is 30.5. The second kappa shape index (κ2) is 4.34. The van der Waals surface area contributed by atoms with E-state index < -0.39 is 5.60 Å². The topological polar surface area (TPSA) is 23.5 Å². The first-order valence-corrected chi connectivity index (χ1v) is 4.78. The van der Waals surface area contributed by atoms with Crippen LogP contribution in [0.3, 0.4) is 0 Å². The van der Waals surface area contributed by atoms with Crippen LogP contribution in [-0.2, 0) is 0 Å². The van der Waals surface area contributed by atoms with Gasteiger partial charge < -0.3 is 5.11 Å². The summed E-state index contributed by atoms with van der Waals surface area (Å²) in [5.74, 6) is 2.38. The van der Waals surface area contributed by atoms with E-state index in [4.69, 9.17) is 29.6 Å². The average molecular weight is 220 g/mol. The van der Waals surface area contributed by atoms with Gasteiger partial charge in [0.25, 0.3) is 0 Å². The van der Waals surface area contributed by atoms with Gasteiger partial charge in [0.05, 0.1) is 0 Å². The first-order chi connectivity index (χ1) is 6.09. The summed E-state index contributed by atoms with van der Waals surface area (Å²) >= 11 is 11.1. The van der Waals surface area contributed by atoms with E-state index in [1.165, 1.54) is 5.54 Å². The summed E-state index contributed by atoms with van der Waals surface area (Å²) in [7, 11) is 0. The van der Waals surface area contributed by atoms with Crippen LogP contribution in [0, 0.1) is 12.3 Å². The van der Waals surface area contributed by atoms with Gasteiger partial charge in [0, 0.05) is 36.6 Å². The molecular weight excluding hydrogens is 209 g/mol. The van der Waals surface area contributed by atoms with Gasteiger partial charge in [0.1, 0.15) is 5.60 Å². The van der Waals surface area contributed by atoms with E-state index in [0.29, 0.717) is 24.5 Å². The second-order valence-electron chi connectivity index (χ2n) is 3.19. The highest BCUT2D eigenvalue weighted by Gasteiger charge is 2.33. The molecule has 0 aromatic carbocycles. The van der Waals surface area contributed by atoms with Crippen molar-refractivity contribution in [1.29, 1.82) is 0 Å². The van der Waals surface area contributed by atoms with Crippen LogP contribution < -0.4 is 0 Å². The molecule has 0 spiro atoms. The van der Waals surface area contributed by atoms with Gasteiger partial charge in [-0.3, -0.25) is 4.90 Å². The minimum Gasteiger partial charge on any atom is -0.376 e. The number of likely N-dealkylation sites (tertiary alicyclic amines) is 1. The van der Waals surface area contributed by atoms with Crippen molar-refractivity contribution in [2.75, 3.05) is 19.6 Å². The molecule has 0 aliphatic carbocycles. The lowest BCUT2D eigenvalue weighted by atomic mass is 10.1. The largest absolute Gasteiger partial charge is 0.376 e. The summed E-state index contributed by atoms with van der Waals surface area (Å²) < 4.78 is 0. The quantitative estimate of drug-likeness (QED) is 0.710. The predicted molar refractivity (Wildman–Crippen MR) is 54.6 cm³/mol. The molecule has 0 amide bonds. The van der Waals surface area contributed by atoms with Crippen molar-refractivity contribution in [3.05, 3.63) is 10.6 Å². The number of halogens is 2. The zero-order valence-electron chi connectivity index (χ0n) is 7.13. The van der Waals surface area contributed by atoms with Gasteiger partial charge in [0.15, 0.2) is 0 Å². The molecule has 1 fully saturated rings. The minimum atomic E-state index is -0.983. The molecule has 1 heterocycles. The Morgan fingerprint density at radius 2 is 2.46 bits per heavy atom. The highest BCUT2D eigenvalue weighted by atomic mass is 35.5. The standard InChI is InChI=1S/C9H11Cl2NO/c1-2-9(13)3-4-12(7-9)6-8(11)5-10/h1,5,13H,3-4,6-7H2/b8-5-. The number of hydrogen-bond acceptors (Lipinski definition) is 2. The van der Waals surface area contributed by atoms with Gasteiger partial charge in [-0.2, -0.15) is 0 Å². The maximum Gasteiger partial charge on any atom is 0.139 e. The molecule has 1 aliphatic heterocycles. The summed E-state index contributed by atoms with van der Waals surface area (Å²) in [5, 5.41) is 10.2. The molecule has 0 aromatic heterocycles. The van der Waals surface area contributed by atoms with Crippen LogP contribution in [0.5, 0.6) is 0 Å². The Morgan fingerprint density at radius 1 is 1.77 bits per heavy atom. The maximum atomic E-state index is 9.68. The van der Waals surface area contributed by atoms with Crippen LogP contribution in [0.15, 0.2) is 10.6 Å². The van der Waals surface area contributed by atoms with Crippen LogP contribution in [0.25, 0.3) is 0 Å². The van der Waals surface area contributed by atoms with Crippen LogP contribution in [0.2, 0.25) is 0 Å². The Morgan fingerprint density at radius 3 is 2.92 bits per heavy atom. The zero-order valence-corrected chi connectivity index (χ0v) is 8.65. The highest BCUT2D eigenvalue weighted by molar-refractivity contribution is 6.36. The van der Waals surface area contributed by atoms with Crippen LogP contribution in [0.4, 0.5) is 0 Å². The number of hydrogen-bond donors (Lipinski definition) is 1. The van der Waals surface area contributed by atoms with Crippen molar-refractivity contribution < 1.29 is 5.11 Å². The van der Waals surface area contributed by atoms with E-state index in [1.54, 1.807) is 0 Å². The van der Waals surface area contributed by atoms with Gasteiger partial charge in [-0.25, -0.2) is 0 Å². The molecule has 1 aliphatic rings. The minimum absolute atomic E-state index is 0.463. The lowest BCUT2D eigenvalue weighted by Gasteiger charge is -2.17. The third-order valence-electron chi connectivity index (χ3n) is 2.09. The molecular formula is C9H11Cl2NO. The van der Waals surface area contributed by atoms with E-state index in [9.17, 15) is 5.11 Å². The second-order valence-corrected chi connectivity index (χ2v) is 3.90.